The van der Waals surface area contributed by atoms with Crippen LogP contribution in [0.2, 0.25) is 0 Å². The van der Waals surface area contributed by atoms with E-state index in [4.69, 9.17) is 9.90 Å². The molecule has 0 unspecified atom stereocenters. The van der Waals surface area contributed by atoms with Crippen molar-refractivity contribution in [1.82, 2.24) is 40.7 Å². The van der Waals surface area contributed by atoms with Gasteiger partial charge in [-0.05, 0) is 98.3 Å². The number of nitrogens with one attached hydrogen (secondary N) is 4. The highest BCUT2D eigenvalue weighted by atomic mass is 32.1. The number of piperazine rings is 1. The Balaban J connectivity index is 0.00000132. The van der Waals surface area contributed by atoms with Gasteiger partial charge in [0.1, 0.15) is 41.7 Å². The zero-order valence-corrected chi connectivity index (χ0v) is 50.8. The molecule has 3 aromatic carbocycles. The minimum Gasteiger partial charge on any atom is -0.475 e. The van der Waals surface area contributed by atoms with E-state index in [9.17, 15) is 37.5 Å². The van der Waals surface area contributed by atoms with Gasteiger partial charge in [0.15, 0.2) is 0 Å². The van der Waals surface area contributed by atoms with E-state index in [2.05, 4.69) is 71.7 Å². The predicted octanol–water partition coefficient (Wildman–Crippen LogP) is 8.53. The number of carbonyl (C=O) groups is 5. The molecule has 18 nitrogen and oxygen atoms in total. The lowest BCUT2D eigenvalue weighted by Crippen LogP contribution is -2.66. The second-order valence-corrected chi connectivity index (χ2v) is 25.7. The fourth-order valence-corrected chi connectivity index (χ4v) is 12.0. The number of aromatic nitrogens is 3. The van der Waals surface area contributed by atoms with E-state index in [-0.39, 0.29) is 67.2 Å². The number of hydrogen-bond donors (Lipinski definition) is 6. The number of benzene rings is 3. The molecule has 4 fully saturated rings. The van der Waals surface area contributed by atoms with E-state index in [1.807, 2.05) is 94.7 Å². The average Bonchev–Trinajstić information content (AvgIpc) is 4.35. The Bertz CT molecular complexity index is 3330. The van der Waals surface area contributed by atoms with Crippen LogP contribution in [-0.2, 0) is 37.1 Å². The van der Waals surface area contributed by atoms with Crippen LogP contribution in [-0.4, -0.2) is 140 Å². The third-order valence-electron chi connectivity index (χ3n) is 16.4. The molecule has 6 N–H and O–H groups in total. The van der Waals surface area contributed by atoms with Crippen molar-refractivity contribution in [3.05, 3.63) is 118 Å². The molecule has 1 spiro atoms. The van der Waals surface area contributed by atoms with Gasteiger partial charge in [0.2, 0.25) is 23.6 Å². The van der Waals surface area contributed by atoms with Crippen molar-refractivity contribution < 1.29 is 56.1 Å². The number of aliphatic carboxylic acids is 1. The van der Waals surface area contributed by atoms with Crippen LogP contribution in [0, 0.1) is 41.2 Å². The summed E-state index contributed by atoms with van der Waals surface area (Å²) in [5, 5.41) is 30.4. The fraction of sp³-hybridized carbons (Fsp3) is 0.492. The first-order valence-electron chi connectivity index (χ1n) is 29.1. The molecule has 4 amide bonds. The molecule has 5 aromatic rings. The van der Waals surface area contributed by atoms with Gasteiger partial charge in [-0.25, -0.2) is 28.5 Å². The van der Waals surface area contributed by atoms with Crippen LogP contribution >= 0.6 is 11.3 Å². The zero-order valence-electron chi connectivity index (χ0n) is 50.0. The molecule has 4 aliphatic heterocycles. The summed E-state index contributed by atoms with van der Waals surface area (Å²) < 4.78 is 63.0. The molecule has 0 radical (unpaired) electrons. The third kappa shape index (κ3) is 17.3. The highest BCUT2D eigenvalue weighted by Gasteiger charge is 2.46. The second-order valence-electron chi connectivity index (χ2n) is 24.8. The Morgan fingerprint density at radius 3 is 2.20 bits per heavy atom. The van der Waals surface area contributed by atoms with Crippen molar-refractivity contribution in [3.8, 4) is 22.3 Å². The van der Waals surface area contributed by atoms with Crippen molar-refractivity contribution in [2.45, 2.75) is 142 Å². The van der Waals surface area contributed by atoms with Gasteiger partial charge in [-0.2, -0.15) is 13.2 Å². The number of thiazole rings is 1. The maximum atomic E-state index is 15.7. The van der Waals surface area contributed by atoms with Crippen LogP contribution in [0.3, 0.4) is 0 Å². The molecule has 4 atom stereocenters. The molecular formula is C63H76F5N11O7S. The molecular weight excluding hydrogens is 1150 g/mol. The minimum absolute atomic E-state index is 0.0186. The number of piperidine rings is 2. The summed E-state index contributed by atoms with van der Waals surface area (Å²) in [5.74, 6) is 2.51. The van der Waals surface area contributed by atoms with Crippen molar-refractivity contribution in [1.29, 1.82) is 0 Å². The lowest BCUT2D eigenvalue weighted by atomic mass is 9.82. The summed E-state index contributed by atoms with van der Waals surface area (Å²) in [6.07, 6.45) is -0.828. The Labute approximate surface area is 507 Å². The number of nitrogens with zero attached hydrogens (tertiary/aromatic N) is 7. The van der Waals surface area contributed by atoms with Gasteiger partial charge in [-0.1, -0.05) is 82.9 Å². The van der Waals surface area contributed by atoms with E-state index in [0.29, 0.717) is 56.9 Å². The Morgan fingerprint density at radius 1 is 0.885 bits per heavy atom. The first-order chi connectivity index (χ1) is 41.0. The molecule has 2 aromatic heterocycles. The summed E-state index contributed by atoms with van der Waals surface area (Å²) in [4.78, 5) is 85.1. The van der Waals surface area contributed by atoms with E-state index < -0.39 is 58.8 Å². The number of aliphatic hydroxyl groups is 1. The zero-order chi connectivity index (χ0) is 63.0. The number of carbonyl (C=O) groups excluding carboxylic acids is 4. The Hall–Kier alpha value is -7.75. The highest BCUT2D eigenvalue weighted by Crippen LogP contribution is 2.36. The first-order valence-corrected chi connectivity index (χ1v) is 30.0. The molecule has 24 heteroatoms. The van der Waals surface area contributed by atoms with Crippen molar-refractivity contribution in [2.24, 2.45) is 10.8 Å². The van der Waals surface area contributed by atoms with Crippen LogP contribution in [0.4, 0.5) is 39.3 Å². The molecule has 466 valence electrons. The molecule has 87 heavy (non-hydrogen) atoms. The summed E-state index contributed by atoms with van der Waals surface area (Å²) in [7, 11) is 0. The number of aliphatic hydroxyl groups excluding tert-OH is 1. The second kappa shape index (κ2) is 27.5. The minimum atomic E-state index is -5.08. The van der Waals surface area contributed by atoms with Gasteiger partial charge >= 0.3 is 12.1 Å². The van der Waals surface area contributed by atoms with Gasteiger partial charge in [0.25, 0.3) is 0 Å². The number of rotatable bonds is 15. The van der Waals surface area contributed by atoms with Crippen molar-refractivity contribution in [3.63, 3.8) is 0 Å². The quantitative estimate of drug-likeness (QED) is 0.0427. The summed E-state index contributed by atoms with van der Waals surface area (Å²) in [6, 6.07) is 17.9. The summed E-state index contributed by atoms with van der Waals surface area (Å²) >= 11 is 1.57. The van der Waals surface area contributed by atoms with Crippen molar-refractivity contribution in [2.75, 3.05) is 60.9 Å². The normalized spacial score (nSPS) is 19.2. The van der Waals surface area contributed by atoms with E-state index in [0.717, 1.165) is 64.6 Å². The number of carboxylic acids is 1. The number of likely N-dealkylation sites (tertiary alicyclic amines) is 2. The highest BCUT2D eigenvalue weighted by molar-refractivity contribution is 7.13. The topological polar surface area (TPSA) is 226 Å². The molecule has 0 saturated carbocycles. The number of carboxylic acid groups (broad SMARTS) is 1. The van der Waals surface area contributed by atoms with Crippen LogP contribution in [0.5, 0.6) is 0 Å². The van der Waals surface area contributed by atoms with Crippen LogP contribution < -0.4 is 31.1 Å². The number of β-amino-alcohol motifs (C(OH)–C–C–N with tert-alkyl or cyclic N) is 1. The number of aryl methyl sites for hydroxylation is 1. The maximum absolute atomic E-state index is 15.7. The van der Waals surface area contributed by atoms with Crippen LogP contribution in [0.15, 0.2) is 78.6 Å². The molecule has 4 saturated heterocycles. The van der Waals surface area contributed by atoms with Gasteiger partial charge < -0.3 is 46.2 Å². The van der Waals surface area contributed by atoms with Gasteiger partial charge in [-0.3, -0.25) is 24.1 Å². The molecule has 9 rings (SSSR count). The Morgan fingerprint density at radius 2 is 1.56 bits per heavy atom. The lowest BCUT2D eigenvalue weighted by Gasteiger charge is -2.48. The predicted molar refractivity (Wildman–Crippen MR) is 321 cm³/mol. The van der Waals surface area contributed by atoms with Crippen molar-refractivity contribution >= 4 is 58.3 Å². The molecule has 4 aliphatic rings. The fourth-order valence-electron chi connectivity index (χ4n) is 11.2. The van der Waals surface area contributed by atoms with Crippen LogP contribution in [0.1, 0.15) is 120 Å². The van der Waals surface area contributed by atoms with Gasteiger partial charge in [-0.15, -0.1) is 11.3 Å². The SMILES string of the molecule is Cc1ncsc1-c1ccc([C@H](C)NC(=O)[C@@H]2C[C@@H](O)CN2C(=O)[C@@H](NC(=O)CCC#Cc2ccc(CNc3cc(N4CCC5(CC4)CN(c4cc(F)c(CN6CCC(C)(C)CC6)cc4F)CC(=O)N5)ncn3)cc2)C(C)(C)C)cc1.O=C(O)C(F)(F)F. The molecule has 6 heterocycles. The number of amides is 4. The lowest BCUT2D eigenvalue weighted by molar-refractivity contribution is -0.192. The largest absolute Gasteiger partial charge is 0.490 e. The number of hydrogen-bond acceptors (Lipinski definition) is 14. The Kier molecular flexibility index (Phi) is 20.6. The first kappa shape index (κ1) is 65.2. The summed E-state index contributed by atoms with van der Waals surface area (Å²) in [6.45, 7) is 17.9. The maximum Gasteiger partial charge on any atom is 0.490 e. The number of alkyl halides is 3. The monoisotopic (exact) mass is 1230 g/mol. The van der Waals surface area contributed by atoms with E-state index in [1.165, 1.54) is 23.4 Å². The smallest absolute Gasteiger partial charge is 0.475 e. The molecule has 0 bridgehead atoms. The van der Waals surface area contributed by atoms with Gasteiger partial charge in [0, 0.05) is 81.8 Å². The summed E-state index contributed by atoms with van der Waals surface area (Å²) in [5.41, 5.74) is 5.90. The van der Waals surface area contributed by atoms with E-state index >= 15 is 8.78 Å². The number of anilines is 3. The standard InChI is InChI=1S/C61H75F2N11O5S.C2HF3O2/c1-39(43-16-18-44(19-17-43)55-40(2)67-38-80-55)68-57(78)50-29-46(75)34-74(50)58(79)56(59(3,4)5)69-53(76)11-9-8-10-41-12-14-42(15-13-41)32-64-51-31-52(66-37-65-51)72-26-22-61(23-27-72)36-73(35-54(77)70-61)49-30-47(62)45(28-48(49)63)33-71-24-20-60(6,7)21-25-71;3-2(4,5)1(6)7/h12-19,28,30-31,37-39,46,50,56,75H,9,11,20-27,29,32-36H2,1-7H3,(H,68,78)(H,69,76)(H,70,77)(H,64,65,66);(H,6,7)/t39-,46+,50-,56+;/m0./s1. The van der Waals surface area contributed by atoms with Crippen LogP contribution in [0.25, 0.3) is 10.4 Å². The van der Waals surface area contributed by atoms with E-state index in [1.54, 1.807) is 16.2 Å². The number of halogens is 5. The van der Waals surface area contributed by atoms with Gasteiger partial charge in [0.05, 0.1) is 46.0 Å². The third-order valence-corrected chi connectivity index (χ3v) is 17.4. The molecule has 0 aliphatic carbocycles. The average molecular weight is 1230 g/mol.